The quantitative estimate of drug-likeness (QED) is 0.395. The first-order chi connectivity index (χ1) is 8.27. The van der Waals surface area contributed by atoms with E-state index in [0.29, 0.717) is 11.3 Å². The normalized spacial score (nSPS) is 10.2. The largest absolute Gasteiger partial charge is 0.468 e. The van der Waals surface area contributed by atoms with Crippen molar-refractivity contribution >= 4 is 5.78 Å². The molecule has 0 unspecified atom stereocenters. The molecular formula is C12H16O5. The van der Waals surface area contributed by atoms with Crippen molar-refractivity contribution in [1.82, 2.24) is 0 Å². The number of hydrogen-bond acceptors (Lipinski definition) is 5. The number of aliphatic hydroxyl groups is 2. The van der Waals surface area contributed by atoms with Gasteiger partial charge in [0.15, 0.2) is 12.6 Å². The van der Waals surface area contributed by atoms with Gasteiger partial charge in [-0.3, -0.25) is 4.79 Å². The Labute approximate surface area is 99.6 Å². The minimum Gasteiger partial charge on any atom is -0.468 e. The second kappa shape index (κ2) is 7.78. The van der Waals surface area contributed by atoms with Crippen LogP contribution in [-0.2, 0) is 4.74 Å². The minimum absolute atomic E-state index is 0.0437. The maximum absolute atomic E-state index is 11.4. The Morgan fingerprint density at radius 1 is 1.12 bits per heavy atom. The van der Waals surface area contributed by atoms with Gasteiger partial charge in [-0.2, -0.15) is 0 Å². The first-order valence-corrected chi connectivity index (χ1v) is 5.33. The zero-order chi connectivity index (χ0) is 12.5. The molecule has 17 heavy (non-hydrogen) atoms. The van der Waals surface area contributed by atoms with Crippen LogP contribution in [0.5, 0.6) is 5.75 Å². The predicted octanol–water partition coefficient (Wildman–Crippen LogP) is 0.597. The van der Waals surface area contributed by atoms with E-state index in [2.05, 4.69) is 0 Å². The number of carbonyl (C=O) groups is 1. The first kappa shape index (κ1) is 13.6. The van der Waals surface area contributed by atoms with Crippen LogP contribution in [0.4, 0.5) is 0 Å². The topological polar surface area (TPSA) is 76.0 Å². The first-order valence-electron chi connectivity index (χ1n) is 5.33. The highest BCUT2D eigenvalue weighted by Gasteiger charge is 2.04. The number of Topliss-reactive ketones (excluding diaryl/α,β-unsaturated/α-hetero) is 1. The van der Waals surface area contributed by atoms with Gasteiger partial charge in [0, 0.05) is 12.0 Å². The summed E-state index contributed by atoms with van der Waals surface area (Å²) in [5, 5.41) is 17.1. The Balaban J connectivity index is 2.42. The third-order valence-corrected chi connectivity index (χ3v) is 2.06. The lowest BCUT2D eigenvalue weighted by Gasteiger charge is -2.06. The number of rotatable bonds is 8. The number of ether oxygens (including phenoxy) is 2. The van der Waals surface area contributed by atoms with Gasteiger partial charge < -0.3 is 19.7 Å². The molecule has 0 radical (unpaired) electrons. The van der Waals surface area contributed by atoms with Crippen molar-refractivity contribution in [2.75, 3.05) is 26.6 Å². The number of ketones is 1. The van der Waals surface area contributed by atoms with Crippen molar-refractivity contribution in [3.63, 3.8) is 0 Å². The van der Waals surface area contributed by atoms with E-state index in [0.717, 1.165) is 0 Å². The lowest BCUT2D eigenvalue weighted by Crippen LogP contribution is -2.06. The molecule has 1 aromatic rings. The van der Waals surface area contributed by atoms with Crippen LogP contribution in [0.1, 0.15) is 16.8 Å². The van der Waals surface area contributed by atoms with Crippen LogP contribution in [0, 0.1) is 0 Å². The molecule has 0 spiro atoms. The molecule has 0 amide bonds. The van der Waals surface area contributed by atoms with Gasteiger partial charge in [0.25, 0.3) is 0 Å². The Bertz CT molecular complexity index is 333. The summed E-state index contributed by atoms with van der Waals surface area (Å²) in [6.07, 6.45) is 0.125. The maximum Gasteiger partial charge on any atom is 0.189 e. The molecule has 0 fully saturated rings. The summed E-state index contributed by atoms with van der Waals surface area (Å²) in [7, 11) is 0. The molecule has 0 aliphatic rings. The van der Waals surface area contributed by atoms with Crippen molar-refractivity contribution in [2.24, 2.45) is 0 Å². The highest BCUT2D eigenvalue weighted by atomic mass is 16.7. The zero-order valence-electron chi connectivity index (χ0n) is 9.46. The second-order valence-electron chi connectivity index (χ2n) is 3.32. The van der Waals surface area contributed by atoms with Gasteiger partial charge in [0.1, 0.15) is 5.75 Å². The molecule has 0 saturated carbocycles. The van der Waals surface area contributed by atoms with Gasteiger partial charge in [-0.15, -0.1) is 0 Å². The summed E-state index contributed by atoms with van der Waals surface area (Å²) < 4.78 is 10.1. The van der Waals surface area contributed by atoms with Crippen LogP contribution in [-0.4, -0.2) is 42.6 Å². The molecule has 0 aromatic heterocycles. The molecule has 1 rings (SSSR count). The smallest absolute Gasteiger partial charge is 0.189 e. The van der Waals surface area contributed by atoms with Crippen LogP contribution in [0.15, 0.2) is 24.3 Å². The van der Waals surface area contributed by atoms with E-state index >= 15 is 0 Å². The number of carbonyl (C=O) groups excluding carboxylic acids is 1. The standard InChI is InChI=1S/C12H16O5/c13-6-5-12(15)10-1-3-11(4-2-10)17-9-16-8-7-14/h1-4,13-14H,5-9H2. The molecule has 0 bridgehead atoms. The Hall–Kier alpha value is -1.43. The summed E-state index contributed by atoms with van der Waals surface area (Å²) in [6.45, 7) is 0.0988. The number of hydrogen-bond donors (Lipinski definition) is 2. The van der Waals surface area contributed by atoms with Gasteiger partial charge in [0.05, 0.1) is 19.8 Å². The van der Waals surface area contributed by atoms with Crippen LogP contribution < -0.4 is 4.74 Å². The Morgan fingerprint density at radius 2 is 1.82 bits per heavy atom. The molecule has 0 atom stereocenters. The molecule has 94 valence electrons. The molecule has 2 N–H and O–H groups in total. The van der Waals surface area contributed by atoms with Crippen LogP contribution >= 0.6 is 0 Å². The van der Waals surface area contributed by atoms with E-state index in [1.165, 1.54) is 0 Å². The molecule has 5 nitrogen and oxygen atoms in total. The fraction of sp³-hybridized carbons (Fsp3) is 0.417. The summed E-state index contributed by atoms with van der Waals surface area (Å²) in [6, 6.07) is 6.60. The van der Waals surface area contributed by atoms with E-state index in [4.69, 9.17) is 19.7 Å². The summed E-state index contributed by atoms with van der Waals surface area (Å²) in [5.41, 5.74) is 0.544. The van der Waals surface area contributed by atoms with E-state index < -0.39 is 0 Å². The van der Waals surface area contributed by atoms with E-state index in [1.807, 2.05) is 0 Å². The van der Waals surface area contributed by atoms with Gasteiger partial charge in [-0.25, -0.2) is 0 Å². The summed E-state index contributed by atoms with van der Waals surface area (Å²) in [5.74, 6) is 0.485. The van der Waals surface area contributed by atoms with Crippen molar-refractivity contribution in [3.8, 4) is 5.75 Å². The summed E-state index contributed by atoms with van der Waals surface area (Å²) >= 11 is 0. The van der Waals surface area contributed by atoms with Gasteiger partial charge in [0.2, 0.25) is 0 Å². The highest BCUT2D eigenvalue weighted by Crippen LogP contribution is 2.13. The van der Waals surface area contributed by atoms with Crippen LogP contribution in [0.3, 0.4) is 0 Å². The molecule has 0 heterocycles. The lowest BCUT2D eigenvalue weighted by atomic mass is 10.1. The Kier molecular flexibility index (Phi) is 6.24. The van der Waals surface area contributed by atoms with Crippen molar-refractivity contribution in [3.05, 3.63) is 29.8 Å². The van der Waals surface area contributed by atoms with Crippen LogP contribution in [0.2, 0.25) is 0 Å². The second-order valence-corrected chi connectivity index (χ2v) is 3.32. The maximum atomic E-state index is 11.4. The summed E-state index contributed by atoms with van der Waals surface area (Å²) in [4.78, 5) is 11.4. The van der Waals surface area contributed by atoms with Crippen LogP contribution in [0.25, 0.3) is 0 Å². The molecular weight excluding hydrogens is 224 g/mol. The van der Waals surface area contributed by atoms with Gasteiger partial charge in [-0.1, -0.05) is 0 Å². The fourth-order valence-corrected chi connectivity index (χ4v) is 1.22. The third-order valence-electron chi connectivity index (χ3n) is 2.06. The number of benzene rings is 1. The third kappa shape index (κ3) is 4.95. The van der Waals surface area contributed by atoms with Crippen molar-refractivity contribution < 1.29 is 24.5 Å². The SMILES string of the molecule is O=C(CCO)c1ccc(OCOCCO)cc1. The van der Waals surface area contributed by atoms with Gasteiger partial charge in [-0.05, 0) is 24.3 Å². The van der Waals surface area contributed by atoms with Gasteiger partial charge >= 0.3 is 0 Å². The van der Waals surface area contributed by atoms with E-state index in [1.54, 1.807) is 24.3 Å². The monoisotopic (exact) mass is 240 g/mol. The highest BCUT2D eigenvalue weighted by molar-refractivity contribution is 5.96. The average molecular weight is 240 g/mol. The molecule has 0 saturated heterocycles. The predicted molar refractivity (Wildman–Crippen MR) is 61.0 cm³/mol. The minimum atomic E-state index is -0.147. The zero-order valence-corrected chi connectivity index (χ0v) is 9.46. The van der Waals surface area contributed by atoms with E-state index in [-0.39, 0.29) is 38.8 Å². The van der Waals surface area contributed by atoms with Crippen molar-refractivity contribution in [2.45, 2.75) is 6.42 Å². The van der Waals surface area contributed by atoms with E-state index in [9.17, 15) is 4.79 Å². The number of aliphatic hydroxyl groups excluding tert-OH is 2. The fourth-order valence-electron chi connectivity index (χ4n) is 1.22. The van der Waals surface area contributed by atoms with Crippen molar-refractivity contribution in [1.29, 1.82) is 0 Å². The molecule has 0 aliphatic heterocycles. The molecule has 0 aliphatic carbocycles. The average Bonchev–Trinajstić information content (AvgIpc) is 2.36. The molecule has 5 heteroatoms. The lowest BCUT2D eigenvalue weighted by molar-refractivity contribution is -0.00103. The molecule has 1 aromatic carbocycles. The Morgan fingerprint density at radius 3 is 2.41 bits per heavy atom.